The molecule has 5 nitrogen and oxygen atoms in total. The number of carbonyl (C=O) groups excluding carboxylic acids is 1. The molecule has 2 aromatic rings. The van der Waals surface area contributed by atoms with Gasteiger partial charge >= 0.3 is 6.09 Å². The molecule has 1 aliphatic heterocycles. The number of alkyl halides is 1. The number of rotatable bonds is 5. The van der Waals surface area contributed by atoms with Gasteiger partial charge in [0.05, 0.1) is 19.9 Å². The van der Waals surface area contributed by atoms with Crippen molar-refractivity contribution in [3.63, 3.8) is 0 Å². The van der Waals surface area contributed by atoms with E-state index >= 15 is 0 Å². The Bertz CT molecular complexity index is 1420. The van der Waals surface area contributed by atoms with E-state index in [1.807, 2.05) is 31.2 Å². The lowest BCUT2D eigenvalue weighted by Crippen LogP contribution is -2.52. The number of nitrogens with one attached hydrogen (secondary N) is 1. The van der Waals surface area contributed by atoms with Gasteiger partial charge in [-0.05, 0) is 97.8 Å². The Morgan fingerprint density at radius 2 is 1.69 bits per heavy atom. The highest BCUT2D eigenvalue weighted by molar-refractivity contribution is 5.84. The maximum absolute atomic E-state index is 14.5. The zero-order valence-electron chi connectivity index (χ0n) is 27.5. The summed E-state index contributed by atoms with van der Waals surface area (Å²) in [5, 5.41) is 2.80. The first kappa shape index (κ1) is 30.9. The molecule has 1 saturated heterocycles. The molecule has 2 aromatic carbocycles. The van der Waals surface area contributed by atoms with Gasteiger partial charge in [-0.15, -0.1) is 0 Å². The molecule has 7 rings (SSSR count). The highest BCUT2D eigenvalue weighted by Gasteiger charge is 2.58. The summed E-state index contributed by atoms with van der Waals surface area (Å²) in [7, 11) is 0. The molecule has 0 aromatic heterocycles. The third-order valence-electron chi connectivity index (χ3n) is 12.2. The van der Waals surface area contributed by atoms with Crippen molar-refractivity contribution in [1.29, 1.82) is 0 Å². The summed E-state index contributed by atoms with van der Waals surface area (Å²) in [6.07, 6.45) is 7.99. The summed E-state index contributed by atoms with van der Waals surface area (Å²) in [4.78, 5) is 12.4. The molecule has 45 heavy (non-hydrogen) atoms. The summed E-state index contributed by atoms with van der Waals surface area (Å²) < 4.78 is 33.0. The topological polar surface area (TPSA) is 56.8 Å². The number of amides is 1. The number of aryl methyl sites for hydroxylation is 1. The molecule has 242 valence electrons. The van der Waals surface area contributed by atoms with Crippen LogP contribution in [0, 0.1) is 41.4 Å². The Morgan fingerprint density at radius 1 is 0.956 bits per heavy atom. The number of halogens is 1. The van der Waals surface area contributed by atoms with E-state index in [9.17, 15) is 9.18 Å². The van der Waals surface area contributed by atoms with Crippen LogP contribution in [0.5, 0.6) is 0 Å². The maximum Gasteiger partial charge on any atom is 0.411 e. The van der Waals surface area contributed by atoms with Crippen molar-refractivity contribution in [3.05, 3.63) is 76.4 Å². The summed E-state index contributed by atoms with van der Waals surface area (Å²) in [5.41, 5.74) is 7.55. The minimum absolute atomic E-state index is 0.0217. The number of fused-ring (bicyclic) bond motifs is 4. The molecule has 0 radical (unpaired) electrons. The molecule has 4 aliphatic carbocycles. The number of hydrogen-bond acceptors (Lipinski definition) is 4. The fourth-order valence-electron chi connectivity index (χ4n) is 9.67. The van der Waals surface area contributed by atoms with Gasteiger partial charge < -0.3 is 14.2 Å². The summed E-state index contributed by atoms with van der Waals surface area (Å²) in [5.74, 6) is 1.60. The van der Waals surface area contributed by atoms with Gasteiger partial charge in [-0.3, -0.25) is 9.71 Å². The summed E-state index contributed by atoms with van der Waals surface area (Å²) >= 11 is 0. The van der Waals surface area contributed by atoms with Crippen LogP contribution in [-0.2, 0) is 20.8 Å². The number of benzene rings is 2. The van der Waals surface area contributed by atoms with Gasteiger partial charge in [0.25, 0.3) is 0 Å². The molecule has 6 atom stereocenters. The lowest BCUT2D eigenvalue weighted by molar-refractivity contribution is -0.312. The van der Waals surface area contributed by atoms with Gasteiger partial charge in [0, 0.05) is 29.9 Å². The molecular formula is C39H50FNO4. The second-order valence-corrected chi connectivity index (χ2v) is 15.8. The Morgan fingerprint density at radius 3 is 2.40 bits per heavy atom. The van der Waals surface area contributed by atoms with E-state index in [2.05, 4.69) is 50.4 Å². The normalized spacial score (nSPS) is 33.2. The van der Waals surface area contributed by atoms with Crippen molar-refractivity contribution < 1.29 is 23.4 Å². The van der Waals surface area contributed by atoms with Crippen molar-refractivity contribution in [2.45, 2.75) is 97.4 Å². The fourth-order valence-corrected chi connectivity index (χ4v) is 9.67. The van der Waals surface area contributed by atoms with Crippen LogP contribution < -0.4 is 5.32 Å². The quantitative estimate of drug-likeness (QED) is 0.341. The van der Waals surface area contributed by atoms with Crippen LogP contribution in [0.1, 0.15) is 94.7 Å². The molecule has 3 saturated carbocycles. The first-order valence-electron chi connectivity index (χ1n) is 17.2. The van der Waals surface area contributed by atoms with E-state index in [4.69, 9.17) is 14.2 Å². The standard InChI is InChI=1S/C39H50FNO4/c1-25-5-13-30(14-6-25)41-36(42)43-22-26-7-9-27(10-8-26)33-20-38(4)29(21-40)12-16-34(38)32-15-11-28-19-39(18-17-31(28)35(32)33)44-23-37(2,3)24-45-39/h5-10,13-14,28-29,32-34H,11-12,15-24H2,1-4H3,(H,41,42). The van der Waals surface area contributed by atoms with Crippen LogP contribution in [0.2, 0.25) is 0 Å². The largest absolute Gasteiger partial charge is 0.444 e. The van der Waals surface area contributed by atoms with E-state index in [1.54, 1.807) is 11.1 Å². The second-order valence-electron chi connectivity index (χ2n) is 15.8. The van der Waals surface area contributed by atoms with E-state index in [1.165, 1.54) is 18.4 Å². The zero-order chi connectivity index (χ0) is 31.4. The monoisotopic (exact) mass is 615 g/mol. The van der Waals surface area contributed by atoms with Crippen molar-refractivity contribution in [2.24, 2.45) is 34.5 Å². The SMILES string of the molecule is Cc1ccc(NC(=O)OCc2ccc(C3CC4(C)C(CF)CCC4C4CCC5CC6(CCC5=C34)OCC(C)(C)CO6)cc2)cc1. The second kappa shape index (κ2) is 11.8. The molecular weight excluding hydrogens is 565 g/mol. The Labute approximate surface area is 268 Å². The molecule has 6 heteroatoms. The number of hydrogen-bond donors (Lipinski definition) is 1. The minimum atomic E-state index is -0.458. The van der Waals surface area contributed by atoms with Gasteiger partial charge in [-0.1, -0.05) is 73.9 Å². The van der Waals surface area contributed by atoms with Crippen LogP contribution in [0.25, 0.3) is 0 Å². The maximum atomic E-state index is 14.5. The van der Waals surface area contributed by atoms with Crippen LogP contribution in [0.3, 0.4) is 0 Å². The van der Waals surface area contributed by atoms with Crippen LogP contribution >= 0.6 is 0 Å². The first-order chi connectivity index (χ1) is 21.6. The van der Waals surface area contributed by atoms with Crippen molar-refractivity contribution in [1.82, 2.24) is 0 Å². The Balaban J connectivity index is 1.12. The molecule has 1 N–H and O–H groups in total. The highest BCUT2D eigenvalue weighted by atomic mass is 19.1. The predicted molar refractivity (Wildman–Crippen MR) is 175 cm³/mol. The van der Waals surface area contributed by atoms with E-state index in [0.717, 1.165) is 68.6 Å². The lowest BCUT2D eigenvalue weighted by Gasteiger charge is -2.55. The Hall–Kier alpha value is -2.70. The van der Waals surface area contributed by atoms with Crippen molar-refractivity contribution in [2.75, 3.05) is 25.2 Å². The van der Waals surface area contributed by atoms with Gasteiger partial charge in [0.15, 0.2) is 5.79 Å². The van der Waals surface area contributed by atoms with E-state index in [0.29, 0.717) is 23.7 Å². The van der Waals surface area contributed by atoms with Gasteiger partial charge in [-0.25, -0.2) is 4.79 Å². The number of carbonyl (C=O) groups is 1. The van der Waals surface area contributed by atoms with Gasteiger partial charge in [0.1, 0.15) is 6.61 Å². The first-order valence-corrected chi connectivity index (χ1v) is 17.2. The van der Waals surface area contributed by atoms with E-state index in [-0.39, 0.29) is 30.0 Å². The summed E-state index contributed by atoms with van der Waals surface area (Å²) in [6.45, 7) is 10.4. The zero-order valence-corrected chi connectivity index (χ0v) is 27.5. The van der Waals surface area contributed by atoms with Crippen LogP contribution in [0.4, 0.5) is 14.9 Å². The third kappa shape index (κ3) is 5.86. The molecule has 1 spiro atoms. The smallest absolute Gasteiger partial charge is 0.411 e. The highest BCUT2D eigenvalue weighted by Crippen LogP contribution is 2.66. The van der Waals surface area contributed by atoms with E-state index < -0.39 is 11.9 Å². The number of anilines is 1. The number of allylic oxidation sites excluding steroid dienone is 2. The van der Waals surface area contributed by atoms with Crippen LogP contribution in [0.15, 0.2) is 59.7 Å². The molecule has 1 heterocycles. The molecule has 1 amide bonds. The predicted octanol–water partition coefficient (Wildman–Crippen LogP) is 9.51. The summed E-state index contributed by atoms with van der Waals surface area (Å²) in [6, 6.07) is 16.3. The average molecular weight is 616 g/mol. The number of ether oxygens (including phenoxy) is 3. The molecule has 6 unspecified atom stereocenters. The fraction of sp³-hybridized carbons (Fsp3) is 0.615. The average Bonchev–Trinajstić information content (AvgIpc) is 3.38. The van der Waals surface area contributed by atoms with Crippen molar-refractivity contribution >= 4 is 11.8 Å². The minimum Gasteiger partial charge on any atom is -0.444 e. The molecule has 5 aliphatic rings. The molecule has 0 bridgehead atoms. The van der Waals surface area contributed by atoms with Crippen molar-refractivity contribution in [3.8, 4) is 0 Å². The lowest BCUT2D eigenvalue weighted by atomic mass is 9.51. The van der Waals surface area contributed by atoms with Gasteiger partial charge in [-0.2, -0.15) is 0 Å². The molecule has 4 fully saturated rings. The van der Waals surface area contributed by atoms with Gasteiger partial charge in [0.2, 0.25) is 0 Å². The third-order valence-corrected chi connectivity index (χ3v) is 12.2. The Kier molecular flexibility index (Phi) is 8.13. The van der Waals surface area contributed by atoms with Crippen LogP contribution in [-0.4, -0.2) is 31.8 Å².